The Hall–Kier alpha value is -1.22. The van der Waals surface area contributed by atoms with Crippen LogP contribution in [0.25, 0.3) is 5.57 Å². The van der Waals surface area contributed by atoms with E-state index in [1.165, 1.54) is 11.8 Å². The molecule has 0 aromatic heterocycles. The molecule has 2 fully saturated rings. The summed E-state index contributed by atoms with van der Waals surface area (Å²) in [7, 11) is 0. The van der Waals surface area contributed by atoms with Gasteiger partial charge in [-0.05, 0) is 37.5 Å². The third-order valence-corrected chi connectivity index (χ3v) is 7.39. The fourth-order valence-corrected chi connectivity index (χ4v) is 5.67. The maximum Gasteiger partial charge on any atom is 0.267 e. The zero-order valence-electron chi connectivity index (χ0n) is 16.3. The van der Waals surface area contributed by atoms with Crippen molar-refractivity contribution in [2.24, 2.45) is 0 Å². The number of thiocarbonyl (C=S) groups is 1. The number of halogens is 1. The molecule has 8 heteroatoms. The van der Waals surface area contributed by atoms with Crippen LogP contribution in [0.15, 0.2) is 27.6 Å². The fourth-order valence-electron chi connectivity index (χ4n) is 3.96. The number of anilines is 1. The first-order valence-corrected chi connectivity index (χ1v) is 12.0. The Balaban J connectivity index is 1.68. The minimum atomic E-state index is -0.180. The highest BCUT2D eigenvalue weighted by molar-refractivity contribution is 9.10. The molecule has 0 unspecified atom stereocenters. The predicted molar refractivity (Wildman–Crippen MR) is 124 cm³/mol. The summed E-state index contributed by atoms with van der Waals surface area (Å²) in [5, 5.41) is 0. The highest BCUT2D eigenvalue weighted by Crippen LogP contribution is 2.45. The molecule has 1 atom stereocenters. The van der Waals surface area contributed by atoms with E-state index in [1.807, 2.05) is 18.2 Å². The third-order valence-electron chi connectivity index (χ3n) is 5.45. The summed E-state index contributed by atoms with van der Waals surface area (Å²) in [5.74, 6) is -0.285. The molecule has 2 amide bonds. The maximum absolute atomic E-state index is 13.4. The zero-order chi connectivity index (χ0) is 20.5. The van der Waals surface area contributed by atoms with E-state index < -0.39 is 0 Å². The molecular formula is C21H23BrN2O3S2. The molecule has 1 aromatic carbocycles. The molecule has 4 rings (SSSR count). The Morgan fingerprint density at radius 1 is 1.24 bits per heavy atom. The number of hydrogen-bond donors (Lipinski definition) is 0. The largest absolute Gasteiger partial charge is 0.376 e. The summed E-state index contributed by atoms with van der Waals surface area (Å²) in [6.07, 6.45) is 5.05. The molecule has 0 bridgehead atoms. The number of nitrogens with zero attached hydrogens (tertiary/aromatic N) is 2. The van der Waals surface area contributed by atoms with Crippen LogP contribution in [0.1, 0.15) is 44.6 Å². The van der Waals surface area contributed by atoms with E-state index in [0.29, 0.717) is 27.9 Å². The van der Waals surface area contributed by atoms with Gasteiger partial charge in [0.15, 0.2) is 0 Å². The second kappa shape index (κ2) is 8.88. The lowest BCUT2D eigenvalue weighted by Crippen LogP contribution is -2.35. The van der Waals surface area contributed by atoms with Crippen LogP contribution >= 0.6 is 39.9 Å². The van der Waals surface area contributed by atoms with Crippen molar-refractivity contribution in [1.29, 1.82) is 0 Å². The summed E-state index contributed by atoms with van der Waals surface area (Å²) in [5.41, 5.74) is 2.15. The van der Waals surface area contributed by atoms with Gasteiger partial charge in [0.25, 0.3) is 11.8 Å². The van der Waals surface area contributed by atoms with Gasteiger partial charge in [-0.3, -0.25) is 14.5 Å². The standard InChI is InChI=1S/C21H23BrN2O3S2/c1-2-3-4-9-23-16-8-7-13(22)11-15(16)17(19(23)25)18-20(26)24(21(28)29-18)12-14-6-5-10-27-14/h7-8,11,14H,2-6,9-10,12H2,1H3/b18-17-/t14-/m1/s1. The highest BCUT2D eigenvalue weighted by Gasteiger charge is 2.42. The quantitative estimate of drug-likeness (QED) is 0.324. The predicted octanol–water partition coefficient (Wildman–Crippen LogP) is 4.74. The van der Waals surface area contributed by atoms with Crippen LogP contribution < -0.4 is 4.90 Å². The number of rotatable bonds is 6. The molecule has 0 spiro atoms. The molecule has 2 saturated heterocycles. The first-order valence-electron chi connectivity index (χ1n) is 10.0. The Bertz CT molecular complexity index is 896. The molecule has 154 valence electrons. The first kappa shape index (κ1) is 21.0. The number of hydrogen-bond acceptors (Lipinski definition) is 5. The van der Waals surface area contributed by atoms with E-state index in [9.17, 15) is 9.59 Å². The first-order chi connectivity index (χ1) is 14.0. The van der Waals surface area contributed by atoms with Crippen LogP contribution in [0.2, 0.25) is 0 Å². The normalized spacial score (nSPS) is 24.2. The van der Waals surface area contributed by atoms with Gasteiger partial charge in [0.05, 0.1) is 28.8 Å². The summed E-state index contributed by atoms with van der Waals surface area (Å²) < 4.78 is 7.06. The monoisotopic (exact) mass is 494 g/mol. The number of carbonyl (C=O) groups excluding carboxylic acids is 2. The maximum atomic E-state index is 13.4. The van der Waals surface area contributed by atoms with Gasteiger partial charge in [-0.15, -0.1) is 0 Å². The topological polar surface area (TPSA) is 49.9 Å². The number of benzene rings is 1. The smallest absolute Gasteiger partial charge is 0.267 e. The van der Waals surface area contributed by atoms with Crippen molar-refractivity contribution >= 4 is 67.3 Å². The average Bonchev–Trinajstić information content (AvgIpc) is 3.37. The van der Waals surface area contributed by atoms with Crippen LogP contribution in [0.4, 0.5) is 5.69 Å². The molecule has 0 N–H and O–H groups in total. The summed E-state index contributed by atoms with van der Waals surface area (Å²) in [6.45, 7) is 3.98. The van der Waals surface area contributed by atoms with Crippen molar-refractivity contribution in [3.63, 3.8) is 0 Å². The van der Waals surface area contributed by atoms with E-state index in [1.54, 1.807) is 9.80 Å². The minimum absolute atomic E-state index is 0.0214. The van der Waals surface area contributed by atoms with E-state index in [4.69, 9.17) is 17.0 Å². The Labute approximate surface area is 189 Å². The van der Waals surface area contributed by atoms with Gasteiger partial charge in [-0.1, -0.05) is 59.7 Å². The lowest BCUT2D eigenvalue weighted by molar-refractivity contribution is -0.123. The third kappa shape index (κ3) is 4.04. The van der Waals surface area contributed by atoms with Crippen molar-refractivity contribution in [2.75, 3.05) is 24.6 Å². The van der Waals surface area contributed by atoms with Crippen LogP contribution in [-0.4, -0.2) is 46.8 Å². The molecule has 3 aliphatic heterocycles. The van der Waals surface area contributed by atoms with E-state index in [2.05, 4.69) is 22.9 Å². The van der Waals surface area contributed by atoms with Crippen LogP contribution in [0.5, 0.6) is 0 Å². The number of ether oxygens (including phenoxy) is 1. The zero-order valence-corrected chi connectivity index (χ0v) is 19.5. The molecule has 3 heterocycles. The van der Waals surface area contributed by atoms with Crippen molar-refractivity contribution in [2.45, 2.75) is 45.1 Å². The van der Waals surface area contributed by atoms with Gasteiger partial charge in [-0.25, -0.2) is 0 Å². The van der Waals surface area contributed by atoms with Crippen LogP contribution in [0, 0.1) is 0 Å². The second-order valence-corrected chi connectivity index (χ2v) is 10.0. The van der Waals surface area contributed by atoms with Gasteiger partial charge in [0, 0.05) is 23.2 Å². The van der Waals surface area contributed by atoms with Crippen molar-refractivity contribution in [3.05, 3.63) is 33.1 Å². The van der Waals surface area contributed by atoms with E-state index >= 15 is 0 Å². The van der Waals surface area contributed by atoms with Gasteiger partial charge in [0.2, 0.25) is 0 Å². The highest BCUT2D eigenvalue weighted by atomic mass is 79.9. The van der Waals surface area contributed by atoms with Crippen molar-refractivity contribution in [1.82, 2.24) is 4.90 Å². The molecule has 0 radical (unpaired) electrons. The Morgan fingerprint density at radius 2 is 2.07 bits per heavy atom. The number of amides is 2. The van der Waals surface area contributed by atoms with Gasteiger partial charge in [-0.2, -0.15) is 0 Å². The molecule has 0 saturated carbocycles. The van der Waals surface area contributed by atoms with Crippen LogP contribution in [0.3, 0.4) is 0 Å². The fraction of sp³-hybridized carbons (Fsp3) is 0.476. The molecule has 3 aliphatic rings. The summed E-state index contributed by atoms with van der Waals surface area (Å²) >= 11 is 10.2. The minimum Gasteiger partial charge on any atom is -0.376 e. The molecule has 5 nitrogen and oxygen atoms in total. The lowest BCUT2D eigenvalue weighted by Gasteiger charge is -2.18. The van der Waals surface area contributed by atoms with Crippen molar-refractivity contribution < 1.29 is 14.3 Å². The van der Waals surface area contributed by atoms with Crippen LogP contribution in [-0.2, 0) is 14.3 Å². The average molecular weight is 495 g/mol. The Morgan fingerprint density at radius 3 is 2.79 bits per heavy atom. The summed E-state index contributed by atoms with van der Waals surface area (Å²) in [6, 6.07) is 5.81. The van der Waals surface area contributed by atoms with Crippen molar-refractivity contribution in [3.8, 4) is 0 Å². The SMILES string of the molecule is CCCCCN1C(=O)/C(=C2\SC(=S)N(C[C@H]3CCCO3)C2=O)c2cc(Br)ccc21. The van der Waals surface area contributed by atoms with Gasteiger partial charge in [0.1, 0.15) is 4.32 Å². The number of carbonyl (C=O) groups is 2. The van der Waals surface area contributed by atoms with E-state index in [-0.39, 0.29) is 17.9 Å². The number of unbranched alkanes of at least 4 members (excludes halogenated alkanes) is 2. The molecule has 29 heavy (non-hydrogen) atoms. The second-order valence-electron chi connectivity index (χ2n) is 7.45. The molecular weight excluding hydrogens is 472 g/mol. The molecule has 1 aromatic rings. The molecule has 0 aliphatic carbocycles. The van der Waals surface area contributed by atoms with Gasteiger partial charge >= 0.3 is 0 Å². The van der Waals surface area contributed by atoms with Gasteiger partial charge < -0.3 is 9.64 Å². The lowest BCUT2D eigenvalue weighted by atomic mass is 10.1. The number of thioether (sulfide) groups is 1. The number of fused-ring (bicyclic) bond motifs is 1. The van der Waals surface area contributed by atoms with E-state index in [0.717, 1.165) is 54.4 Å². The summed E-state index contributed by atoms with van der Waals surface area (Å²) in [4.78, 5) is 30.4. The Kier molecular flexibility index (Phi) is 6.44.